The van der Waals surface area contributed by atoms with E-state index in [9.17, 15) is 26.3 Å². The van der Waals surface area contributed by atoms with Gasteiger partial charge in [-0.25, -0.2) is 14.6 Å². The summed E-state index contributed by atoms with van der Waals surface area (Å²) in [4.78, 5) is 25.2. The van der Waals surface area contributed by atoms with Gasteiger partial charge in [0, 0.05) is 32.3 Å². The number of carbonyl (C=O) groups is 2. The van der Waals surface area contributed by atoms with Crippen LogP contribution >= 0.6 is 0 Å². The van der Waals surface area contributed by atoms with Crippen LogP contribution in [0.25, 0.3) is 0 Å². The van der Waals surface area contributed by atoms with Crippen LogP contribution in [0, 0.1) is 0 Å². The Bertz CT molecular complexity index is 790. The van der Waals surface area contributed by atoms with Crippen molar-refractivity contribution in [3.05, 3.63) is 23.4 Å². The van der Waals surface area contributed by atoms with E-state index in [1.54, 1.807) is 7.11 Å². The highest BCUT2D eigenvalue weighted by molar-refractivity contribution is 5.73. The van der Waals surface area contributed by atoms with Crippen molar-refractivity contribution in [3.8, 4) is 0 Å². The van der Waals surface area contributed by atoms with Crippen molar-refractivity contribution in [3.63, 3.8) is 0 Å². The van der Waals surface area contributed by atoms with Gasteiger partial charge in [-0.15, -0.1) is 0 Å². The summed E-state index contributed by atoms with van der Waals surface area (Å²) in [6.07, 6.45) is -7.98. The number of hydrogen-bond donors (Lipinski definition) is 3. The van der Waals surface area contributed by atoms with Crippen molar-refractivity contribution in [1.29, 1.82) is 0 Å². The summed E-state index contributed by atoms with van der Waals surface area (Å²) in [6.45, 7) is 6.52. The van der Waals surface area contributed by atoms with Crippen LogP contribution in [0.4, 0.5) is 32.2 Å². The molecule has 8 nitrogen and oxygen atoms in total. The summed E-state index contributed by atoms with van der Waals surface area (Å²) in [5.41, 5.74) is 2.45. The Hall–Kier alpha value is -2.61. The number of carboxylic acids is 2. The highest BCUT2D eigenvalue weighted by Crippen LogP contribution is 2.35. The summed E-state index contributed by atoms with van der Waals surface area (Å²) in [6, 6.07) is 5.46. The van der Waals surface area contributed by atoms with Gasteiger partial charge in [-0.05, 0) is 31.4 Å². The molecule has 0 spiro atoms. The normalized spacial score (nSPS) is 20.3. The highest BCUT2D eigenvalue weighted by atomic mass is 19.4. The van der Waals surface area contributed by atoms with Crippen molar-refractivity contribution in [2.24, 2.45) is 0 Å². The lowest BCUT2D eigenvalue weighted by atomic mass is 10.1. The molecule has 3 heterocycles. The van der Waals surface area contributed by atoms with Gasteiger partial charge in [0.25, 0.3) is 0 Å². The minimum Gasteiger partial charge on any atom is -0.475 e. The predicted octanol–water partition coefficient (Wildman–Crippen LogP) is 3.17. The number of piperazine rings is 1. The number of rotatable bonds is 3. The number of carboxylic acid groups (broad SMARTS) is 2. The number of hydrogen-bond acceptors (Lipinski definition) is 6. The van der Waals surface area contributed by atoms with E-state index in [4.69, 9.17) is 29.5 Å². The monoisotopic (exact) mass is 489 g/mol. The van der Waals surface area contributed by atoms with E-state index in [2.05, 4.69) is 36.2 Å². The quantitative estimate of drug-likeness (QED) is 0.556. The Morgan fingerprint density at radius 1 is 1.15 bits per heavy atom. The first kappa shape index (κ1) is 28.4. The standard InChI is InChI=1S/C15H23N3O.2C2HF3O2/c1-4-14(19-3)13-6-5-11-7-12-9-16-8-10(2)18(12)15(11)17-13;2*3-2(4,5)1(6)7/h5-6,10,12,14,16H,4,7-9H2,1-3H3;2*(H,6,7)/t10-,12-,14?;;/m1../s1. The van der Waals surface area contributed by atoms with Crippen LogP contribution in [-0.2, 0) is 20.7 Å². The van der Waals surface area contributed by atoms with E-state index in [0.29, 0.717) is 12.1 Å². The Morgan fingerprint density at radius 3 is 2.09 bits per heavy atom. The SMILES string of the molecule is CCC(OC)c1ccc2c(n1)N1[C@@H](CNC[C@H]1C)C2.O=C(O)C(F)(F)F.O=C(O)C(F)(F)F. The highest BCUT2D eigenvalue weighted by Gasteiger charge is 2.39. The van der Waals surface area contributed by atoms with Crippen LogP contribution in [0.15, 0.2) is 12.1 Å². The summed E-state index contributed by atoms with van der Waals surface area (Å²) in [7, 11) is 1.76. The lowest BCUT2D eigenvalue weighted by Crippen LogP contribution is -2.55. The third kappa shape index (κ3) is 8.03. The van der Waals surface area contributed by atoms with E-state index >= 15 is 0 Å². The van der Waals surface area contributed by atoms with E-state index in [1.807, 2.05) is 0 Å². The molecule has 0 aromatic carbocycles. The van der Waals surface area contributed by atoms with E-state index < -0.39 is 24.3 Å². The zero-order valence-electron chi connectivity index (χ0n) is 18.0. The summed E-state index contributed by atoms with van der Waals surface area (Å²) in [5, 5.41) is 17.8. The maximum atomic E-state index is 10.6. The van der Waals surface area contributed by atoms with Crippen molar-refractivity contribution in [2.75, 3.05) is 25.1 Å². The van der Waals surface area contributed by atoms with Gasteiger partial charge in [-0.3, -0.25) is 0 Å². The second kappa shape index (κ2) is 11.5. The molecule has 2 aliphatic rings. The van der Waals surface area contributed by atoms with Gasteiger partial charge in [0.1, 0.15) is 5.82 Å². The number of aromatic nitrogens is 1. The average molecular weight is 489 g/mol. The maximum Gasteiger partial charge on any atom is 0.490 e. The van der Waals surface area contributed by atoms with Gasteiger partial charge in [-0.2, -0.15) is 26.3 Å². The van der Waals surface area contributed by atoms with Crippen LogP contribution in [-0.4, -0.2) is 71.8 Å². The van der Waals surface area contributed by atoms with Crippen LogP contribution < -0.4 is 10.2 Å². The van der Waals surface area contributed by atoms with Crippen LogP contribution in [0.2, 0.25) is 0 Å². The Kier molecular flexibility index (Phi) is 9.90. The Morgan fingerprint density at radius 2 is 1.67 bits per heavy atom. The van der Waals surface area contributed by atoms with Gasteiger partial charge in [0.15, 0.2) is 0 Å². The molecule has 0 saturated carbocycles. The minimum atomic E-state index is -5.08. The molecular weight excluding hydrogens is 464 g/mol. The van der Waals surface area contributed by atoms with E-state index in [1.165, 1.54) is 11.4 Å². The maximum absolute atomic E-state index is 10.6. The van der Waals surface area contributed by atoms with E-state index in [-0.39, 0.29) is 6.10 Å². The smallest absolute Gasteiger partial charge is 0.475 e. The summed E-state index contributed by atoms with van der Waals surface area (Å²) < 4.78 is 69.0. The number of alkyl halides is 6. The van der Waals surface area contributed by atoms with Gasteiger partial charge >= 0.3 is 24.3 Å². The zero-order chi connectivity index (χ0) is 25.6. The molecule has 0 amide bonds. The van der Waals surface area contributed by atoms with Gasteiger partial charge in [0.2, 0.25) is 0 Å². The third-order valence-corrected chi connectivity index (χ3v) is 4.84. The number of pyridine rings is 1. The number of methoxy groups -OCH3 is 1. The number of halogens is 6. The molecule has 1 aromatic heterocycles. The Balaban J connectivity index is 0.000000324. The van der Waals surface area contributed by atoms with Gasteiger partial charge in [0.05, 0.1) is 11.8 Å². The topological polar surface area (TPSA) is 112 Å². The minimum absolute atomic E-state index is 0.113. The molecule has 3 N–H and O–H groups in total. The lowest BCUT2D eigenvalue weighted by molar-refractivity contribution is -0.193. The fraction of sp³-hybridized carbons (Fsp3) is 0.632. The van der Waals surface area contributed by atoms with Gasteiger partial charge in [-0.1, -0.05) is 13.0 Å². The average Bonchev–Trinajstić information content (AvgIpc) is 3.07. The molecule has 1 unspecified atom stereocenters. The molecule has 14 heteroatoms. The first-order valence-electron chi connectivity index (χ1n) is 9.75. The second-order valence-corrected chi connectivity index (χ2v) is 7.23. The first-order chi connectivity index (χ1) is 15.1. The van der Waals surface area contributed by atoms with Gasteiger partial charge < -0.3 is 25.2 Å². The number of fused-ring (bicyclic) bond motifs is 3. The lowest BCUT2D eigenvalue weighted by Gasteiger charge is -2.37. The number of aliphatic carboxylic acids is 2. The summed E-state index contributed by atoms with van der Waals surface area (Å²) >= 11 is 0. The fourth-order valence-electron chi connectivity index (χ4n) is 3.37. The van der Waals surface area contributed by atoms with Crippen LogP contribution in [0.1, 0.15) is 37.6 Å². The number of nitrogens with one attached hydrogen (secondary N) is 1. The largest absolute Gasteiger partial charge is 0.490 e. The molecule has 0 aliphatic carbocycles. The second-order valence-electron chi connectivity index (χ2n) is 7.23. The number of nitrogens with zero attached hydrogens (tertiary/aromatic N) is 2. The molecule has 0 radical (unpaired) electrons. The molecule has 1 aromatic rings. The number of anilines is 1. The molecule has 188 valence electrons. The number of ether oxygens (including phenoxy) is 1. The van der Waals surface area contributed by atoms with Crippen molar-refractivity contribution < 1.29 is 50.9 Å². The summed E-state index contributed by atoms with van der Waals surface area (Å²) in [5.74, 6) is -4.33. The molecule has 3 atom stereocenters. The molecule has 0 bridgehead atoms. The molecule has 33 heavy (non-hydrogen) atoms. The fourth-order valence-corrected chi connectivity index (χ4v) is 3.37. The molecule has 3 rings (SSSR count). The van der Waals surface area contributed by atoms with E-state index in [0.717, 1.165) is 31.6 Å². The molecular formula is C19H25F6N3O5. The molecule has 1 fully saturated rings. The van der Waals surface area contributed by atoms with Crippen molar-refractivity contribution in [2.45, 2.75) is 57.2 Å². The Labute approximate surface area is 185 Å². The van der Waals surface area contributed by atoms with Crippen LogP contribution in [0.5, 0.6) is 0 Å². The van der Waals surface area contributed by atoms with Crippen molar-refractivity contribution >= 4 is 17.8 Å². The first-order valence-corrected chi connectivity index (χ1v) is 9.75. The zero-order valence-corrected chi connectivity index (χ0v) is 18.0. The molecule has 2 aliphatic heterocycles. The predicted molar refractivity (Wildman–Crippen MR) is 104 cm³/mol. The molecule has 1 saturated heterocycles. The third-order valence-electron chi connectivity index (χ3n) is 4.84. The van der Waals surface area contributed by atoms with Crippen molar-refractivity contribution in [1.82, 2.24) is 10.3 Å². The van der Waals surface area contributed by atoms with Crippen LogP contribution in [0.3, 0.4) is 0 Å².